The lowest BCUT2D eigenvalue weighted by Gasteiger charge is -2.36. The highest BCUT2D eigenvalue weighted by atomic mass is 32.1. The summed E-state index contributed by atoms with van der Waals surface area (Å²) in [6.07, 6.45) is 4.35. The normalized spacial score (nSPS) is 14.4. The summed E-state index contributed by atoms with van der Waals surface area (Å²) >= 11 is 1.62. The van der Waals surface area contributed by atoms with Crippen molar-refractivity contribution in [3.63, 3.8) is 0 Å². The van der Waals surface area contributed by atoms with E-state index in [9.17, 15) is 4.79 Å². The van der Waals surface area contributed by atoms with Crippen molar-refractivity contribution in [1.82, 2.24) is 15.2 Å². The molecule has 0 radical (unpaired) electrons. The van der Waals surface area contributed by atoms with Gasteiger partial charge in [0, 0.05) is 49.9 Å². The molecule has 7 heteroatoms. The Kier molecular flexibility index (Phi) is 8.71. The fourth-order valence-electron chi connectivity index (χ4n) is 3.95. The maximum absolute atomic E-state index is 12.2. The quantitative estimate of drug-likeness (QED) is 0.348. The maximum Gasteiger partial charge on any atom is 0.243 e. The number of para-hydroxylation sites is 1. The zero-order valence-corrected chi connectivity index (χ0v) is 20.5. The highest BCUT2D eigenvalue weighted by Gasteiger charge is 2.16. The van der Waals surface area contributed by atoms with E-state index in [-0.39, 0.29) is 5.91 Å². The highest BCUT2D eigenvalue weighted by Crippen LogP contribution is 2.17. The molecule has 0 aliphatic carbocycles. The lowest BCUT2D eigenvalue weighted by atomic mass is 10.2. The van der Waals surface area contributed by atoms with E-state index in [1.165, 1.54) is 5.69 Å². The Morgan fingerprint density at radius 1 is 1.12 bits per heavy atom. The number of piperazine rings is 1. The fourth-order valence-corrected chi connectivity index (χ4v) is 4.55. The van der Waals surface area contributed by atoms with Crippen molar-refractivity contribution in [3.05, 3.63) is 82.3 Å². The van der Waals surface area contributed by atoms with Gasteiger partial charge in [-0.15, -0.1) is 11.3 Å². The molecule has 0 saturated carbocycles. The monoisotopic (exact) mass is 476 g/mol. The SMILES string of the molecule is Cc1nc(COc2cccc(/C=C/C(=O)NCCCN3CCN(c4ccccc4)CC3)c2)cs1. The van der Waals surface area contributed by atoms with Crippen LogP contribution in [-0.2, 0) is 11.4 Å². The van der Waals surface area contributed by atoms with Gasteiger partial charge in [0.05, 0.1) is 10.7 Å². The summed E-state index contributed by atoms with van der Waals surface area (Å²) in [5.74, 6) is 0.693. The molecular weight excluding hydrogens is 444 g/mol. The number of ether oxygens (including phenoxy) is 1. The molecule has 0 spiro atoms. The van der Waals surface area contributed by atoms with Crippen LogP contribution in [-0.4, -0.2) is 55.1 Å². The van der Waals surface area contributed by atoms with Crippen LogP contribution in [0, 0.1) is 6.92 Å². The van der Waals surface area contributed by atoms with Crippen molar-refractivity contribution >= 4 is 29.0 Å². The van der Waals surface area contributed by atoms with Crippen LogP contribution in [0.1, 0.15) is 22.7 Å². The number of hydrogen-bond donors (Lipinski definition) is 1. The molecule has 1 aliphatic rings. The van der Waals surface area contributed by atoms with Gasteiger partial charge in [-0.1, -0.05) is 30.3 Å². The Hall–Kier alpha value is -3.16. The predicted molar refractivity (Wildman–Crippen MR) is 139 cm³/mol. The average molecular weight is 477 g/mol. The summed E-state index contributed by atoms with van der Waals surface area (Å²) < 4.78 is 5.82. The molecule has 2 heterocycles. The molecule has 1 fully saturated rings. The molecule has 178 valence electrons. The molecule has 0 unspecified atom stereocenters. The van der Waals surface area contributed by atoms with Crippen molar-refractivity contribution in [2.45, 2.75) is 20.0 Å². The zero-order valence-electron chi connectivity index (χ0n) is 19.7. The first-order valence-corrected chi connectivity index (χ1v) is 12.7. The molecular formula is C27H32N4O2S. The number of hydrogen-bond acceptors (Lipinski definition) is 6. The van der Waals surface area contributed by atoms with Crippen LogP contribution in [0.5, 0.6) is 5.75 Å². The van der Waals surface area contributed by atoms with Gasteiger partial charge in [0.15, 0.2) is 0 Å². The molecule has 1 N–H and O–H groups in total. The van der Waals surface area contributed by atoms with E-state index >= 15 is 0 Å². The molecule has 1 saturated heterocycles. The van der Waals surface area contributed by atoms with Gasteiger partial charge in [-0.2, -0.15) is 0 Å². The van der Waals surface area contributed by atoms with E-state index < -0.39 is 0 Å². The first-order chi connectivity index (χ1) is 16.7. The van der Waals surface area contributed by atoms with Gasteiger partial charge in [-0.25, -0.2) is 4.98 Å². The largest absolute Gasteiger partial charge is 0.487 e. The second kappa shape index (κ2) is 12.3. The van der Waals surface area contributed by atoms with Gasteiger partial charge < -0.3 is 15.0 Å². The van der Waals surface area contributed by atoms with Gasteiger partial charge in [-0.3, -0.25) is 9.69 Å². The number of aryl methyl sites for hydroxylation is 1. The first kappa shape index (κ1) is 24.0. The minimum Gasteiger partial charge on any atom is -0.487 e. The second-order valence-electron chi connectivity index (χ2n) is 8.36. The zero-order chi connectivity index (χ0) is 23.6. The van der Waals surface area contributed by atoms with Gasteiger partial charge in [0.1, 0.15) is 12.4 Å². The Labute approximate surface area is 205 Å². The van der Waals surface area contributed by atoms with Crippen molar-refractivity contribution in [2.75, 3.05) is 44.2 Å². The number of amides is 1. The van der Waals surface area contributed by atoms with E-state index in [4.69, 9.17) is 4.74 Å². The van der Waals surface area contributed by atoms with E-state index in [1.807, 2.05) is 42.6 Å². The molecule has 0 bridgehead atoms. The maximum atomic E-state index is 12.2. The van der Waals surface area contributed by atoms with Crippen molar-refractivity contribution < 1.29 is 9.53 Å². The van der Waals surface area contributed by atoms with Gasteiger partial charge in [-0.05, 0) is 55.8 Å². The lowest BCUT2D eigenvalue weighted by Crippen LogP contribution is -2.47. The number of benzene rings is 2. The van der Waals surface area contributed by atoms with E-state index in [2.05, 4.69) is 50.4 Å². The number of rotatable bonds is 10. The van der Waals surface area contributed by atoms with E-state index in [1.54, 1.807) is 17.4 Å². The number of anilines is 1. The van der Waals surface area contributed by atoms with Crippen molar-refractivity contribution in [2.24, 2.45) is 0 Å². The molecule has 6 nitrogen and oxygen atoms in total. The number of nitrogens with zero attached hydrogens (tertiary/aromatic N) is 3. The molecule has 34 heavy (non-hydrogen) atoms. The molecule has 0 atom stereocenters. The number of thiazole rings is 1. The fraction of sp³-hybridized carbons (Fsp3) is 0.333. The third-order valence-corrected chi connectivity index (χ3v) is 6.60. The smallest absolute Gasteiger partial charge is 0.243 e. The predicted octanol–water partition coefficient (Wildman–Crippen LogP) is 4.37. The number of nitrogens with one attached hydrogen (secondary N) is 1. The van der Waals surface area contributed by atoms with Gasteiger partial charge >= 0.3 is 0 Å². The Morgan fingerprint density at radius 2 is 1.94 bits per heavy atom. The third kappa shape index (κ3) is 7.43. The minimum atomic E-state index is -0.0711. The first-order valence-electron chi connectivity index (χ1n) is 11.8. The molecule has 4 rings (SSSR count). The van der Waals surface area contributed by atoms with E-state index in [0.29, 0.717) is 13.2 Å². The van der Waals surface area contributed by atoms with Gasteiger partial charge in [0.2, 0.25) is 5.91 Å². The number of carbonyl (C=O) groups excluding carboxylic acids is 1. The summed E-state index contributed by atoms with van der Waals surface area (Å²) in [4.78, 5) is 21.5. The van der Waals surface area contributed by atoms with Crippen molar-refractivity contribution in [3.8, 4) is 5.75 Å². The molecule has 3 aromatic rings. The van der Waals surface area contributed by atoms with Crippen LogP contribution in [0.3, 0.4) is 0 Å². The standard InChI is InChI=1S/C27H32N4O2S/c1-22-29-24(21-34-22)20-33-26-10-5-7-23(19-26)11-12-27(32)28-13-6-14-30-15-17-31(18-16-30)25-8-3-2-4-9-25/h2-5,7-12,19,21H,6,13-18,20H2,1H3,(H,28,32)/b12-11+. The van der Waals surface area contributed by atoms with E-state index in [0.717, 1.165) is 61.2 Å². The molecule has 1 aliphatic heterocycles. The molecule has 1 amide bonds. The number of carbonyl (C=O) groups is 1. The van der Waals surface area contributed by atoms with Crippen LogP contribution in [0.25, 0.3) is 6.08 Å². The summed E-state index contributed by atoms with van der Waals surface area (Å²) in [5, 5.41) is 6.03. The van der Waals surface area contributed by atoms with Crippen molar-refractivity contribution in [1.29, 1.82) is 0 Å². The van der Waals surface area contributed by atoms with Crippen LogP contribution in [0.2, 0.25) is 0 Å². The molecule has 1 aromatic heterocycles. The average Bonchev–Trinajstić information content (AvgIpc) is 3.30. The third-order valence-electron chi connectivity index (χ3n) is 5.78. The summed E-state index contributed by atoms with van der Waals surface area (Å²) in [6, 6.07) is 18.3. The Bertz CT molecular complexity index is 1070. The summed E-state index contributed by atoms with van der Waals surface area (Å²) in [6.45, 7) is 8.32. The number of aromatic nitrogens is 1. The van der Waals surface area contributed by atoms with Crippen LogP contribution in [0.15, 0.2) is 66.1 Å². The minimum absolute atomic E-state index is 0.0711. The Balaban J connectivity index is 1.12. The lowest BCUT2D eigenvalue weighted by molar-refractivity contribution is -0.116. The van der Waals surface area contributed by atoms with Gasteiger partial charge in [0.25, 0.3) is 0 Å². The van der Waals surface area contributed by atoms with Crippen LogP contribution < -0.4 is 15.0 Å². The highest BCUT2D eigenvalue weighted by molar-refractivity contribution is 7.09. The topological polar surface area (TPSA) is 57.7 Å². The molecule has 2 aromatic carbocycles. The van der Waals surface area contributed by atoms with Crippen LogP contribution >= 0.6 is 11.3 Å². The Morgan fingerprint density at radius 3 is 2.71 bits per heavy atom. The second-order valence-corrected chi connectivity index (χ2v) is 9.42. The van der Waals surface area contributed by atoms with Crippen LogP contribution in [0.4, 0.5) is 5.69 Å². The summed E-state index contributed by atoms with van der Waals surface area (Å²) in [5.41, 5.74) is 3.16. The summed E-state index contributed by atoms with van der Waals surface area (Å²) in [7, 11) is 0.